The molecular weight excluding hydrogens is 727 g/mol. The molecule has 5 aromatic carbocycles. The summed E-state index contributed by atoms with van der Waals surface area (Å²) in [5.74, 6) is 0.511. The smallest absolute Gasteiger partial charge is 0.266 e. The highest BCUT2D eigenvalue weighted by Gasteiger charge is 2.27. The maximum Gasteiger partial charge on any atom is 0.266 e. The number of pyridine rings is 1. The van der Waals surface area contributed by atoms with Gasteiger partial charge in [0.2, 0.25) is 5.91 Å². The topological polar surface area (TPSA) is 173 Å². The normalized spacial score (nSPS) is 13.4. The predicted octanol–water partition coefficient (Wildman–Crippen LogP) is 6.98. The molecule has 3 heterocycles. The Morgan fingerprint density at radius 3 is 1.86 bits per heavy atom. The molecule has 0 atom stereocenters. The van der Waals surface area contributed by atoms with E-state index in [2.05, 4.69) is 15.6 Å². The standard InChI is InChI=1S/C43H35N7O5S/c44-32-17-15-30(20-34(32)47-42(53)28-11-7-26(8-12-28)22-49-36-4-1-2-6-38(36)56-25-40(49)52)31-16-18-33(45)35(21-31)48-43(54)29-13-9-27(10-14-29)23-50-39(51)24-55-37-5-3-19-46-41(37)50/h1-21H,22-25,44-45H2,(H,47,53)(H,48,54). The van der Waals surface area contributed by atoms with Gasteiger partial charge in [0.1, 0.15) is 0 Å². The van der Waals surface area contributed by atoms with Crippen LogP contribution in [0.3, 0.4) is 0 Å². The summed E-state index contributed by atoms with van der Waals surface area (Å²) in [6.07, 6.45) is 1.61. The lowest BCUT2D eigenvalue weighted by atomic mass is 10.0. The molecule has 1 aromatic heterocycles. The molecule has 13 heteroatoms. The summed E-state index contributed by atoms with van der Waals surface area (Å²) in [5, 5.41) is 5.82. The summed E-state index contributed by atoms with van der Waals surface area (Å²) in [6.45, 7) is 0.605. The van der Waals surface area contributed by atoms with E-state index in [4.69, 9.17) is 16.2 Å². The predicted molar refractivity (Wildman–Crippen MR) is 219 cm³/mol. The fourth-order valence-corrected chi connectivity index (χ4v) is 7.42. The second-order valence-corrected chi connectivity index (χ2v) is 14.3. The molecule has 56 heavy (non-hydrogen) atoms. The van der Waals surface area contributed by atoms with Crippen molar-refractivity contribution in [3.8, 4) is 16.9 Å². The Kier molecular flexibility index (Phi) is 9.82. The van der Waals surface area contributed by atoms with E-state index in [-0.39, 0.29) is 36.8 Å². The first-order valence-electron chi connectivity index (χ1n) is 17.7. The quantitative estimate of drug-likeness (QED) is 0.113. The molecule has 4 amide bonds. The van der Waals surface area contributed by atoms with Crippen LogP contribution < -0.4 is 36.6 Å². The van der Waals surface area contributed by atoms with E-state index in [1.165, 1.54) is 11.8 Å². The number of aromatic nitrogens is 1. The number of para-hydroxylation sites is 1. The molecule has 278 valence electrons. The van der Waals surface area contributed by atoms with Gasteiger partial charge >= 0.3 is 0 Å². The zero-order valence-electron chi connectivity index (χ0n) is 29.9. The van der Waals surface area contributed by atoms with Crippen LogP contribution in [0.4, 0.5) is 34.3 Å². The van der Waals surface area contributed by atoms with Crippen LogP contribution in [0.5, 0.6) is 5.75 Å². The van der Waals surface area contributed by atoms with E-state index in [1.54, 1.807) is 88.8 Å². The van der Waals surface area contributed by atoms with Gasteiger partial charge in [-0.15, -0.1) is 11.8 Å². The highest BCUT2D eigenvalue weighted by atomic mass is 32.2. The summed E-state index contributed by atoms with van der Waals surface area (Å²) < 4.78 is 5.48. The molecule has 2 aliphatic rings. The van der Waals surface area contributed by atoms with Gasteiger partial charge in [-0.25, -0.2) is 4.98 Å². The van der Waals surface area contributed by atoms with Crippen molar-refractivity contribution >= 4 is 69.6 Å². The van der Waals surface area contributed by atoms with Crippen molar-refractivity contribution in [2.24, 2.45) is 0 Å². The molecule has 6 N–H and O–H groups in total. The van der Waals surface area contributed by atoms with Crippen molar-refractivity contribution in [3.05, 3.63) is 150 Å². The van der Waals surface area contributed by atoms with E-state index >= 15 is 0 Å². The number of fused-ring (bicyclic) bond motifs is 2. The Labute approximate surface area is 326 Å². The van der Waals surface area contributed by atoms with Crippen LogP contribution in [0.2, 0.25) is 0 Å². The minimum Gasteiger partial charge on any atom is -0.480 e. The minimum atomic E-state index is -0.363. The third-order valence-corrected chi connectivity index (χ3v) is 10.6. The van der Waals surface area contributed by atoms with Crippen molar-refractivity contribution in [1.29, 1.82) is 0 Å². The largest absolute Gasteiger partial charge is 0.480 e. The van der Waals surface area contributed by atoms with Crippen LogP contribution >= 0.6 is 11.8 Å². The molecule has 12 nitrogen and oxygen atoms in total. The second-order valence-electron chi connectivity index (χ2n) is 13.2. The van der Waals surface area contributed by atoms with E-state index in [9.17, 15) is 19.2 Å². The Morgan fingerprint density at radius 2 is 1.25 bits per heavy atom. The van der Waals surface area contributed by atoms with Crippen LogP contribution in [0.1, 0.15) is 31.8 Å². The van der Waals surface area contributed by atoms with Gasteiger partial charge in [0.25, 0.3) is 17.7 Å². The van der Waals surface area contributed by atoms with Crippen LogP contribution in [0.25, 0.3) is 11.1 Å². The highest BCUT2D eigenvalue weighted by Crippen LogP contribution is 2.36. The van der Waals surface area contributed by atoms with Gasteiger partial charge in [-0.3, -0.25) is 24.1 Å². The summed E-state index contributed by atoms with van der Waals surface area (Å²) in [7, 11) is 0. The summed E-state index contributed by atoms with van der Waals surface area (Å²) in [4.78, 5) is 60.7. The SMILES string of the molecule is Nc1ccc(-c2ccc(N)c(NC(=O)c3ccc(CN4C(=O)COc5cccnc54)cc3)c2)cc1NC(=O)c1ccc(CN2C(=O)CSc3ccccc32)cc1. The van der Waals surface area contributed by atoms with Crippen molar-refractivity contribution < 1.29 is 23.9 Å². The van der Waals surface area contributed by atoms with Crippen LogP contribution in [-0.2, 0) is 22.7 Å². The van der Waals surface area contributed by atoms with Gasteiger partial charge in [-0.05, 0) is 95.1 Å². The first-order chi connectivity index (χ1) is 27.2. The van der Waals surface area contributed by atoms with Crippen LogP contribution in [-0.4, -0.2) is 41.0 Å². The Bertz CT molecular complexity index is 2330. The summed E-state index contributed by atoms with van der Waals surface area (Å²) in [6, 6.07) is 36.0. The van der Waals surface area contributed by atoms with Gasteiger partial charge in [0, 0.05) is 22.2 Å². The summed E-state index contributed by atoms with van der Waals surface area (Å²) >= 11 is 1.54. The monoisotopic (exact) mass is 761 g/mol. The first kappa shape index (κ1) is 35.9. The molecule has 8 rings (SSSR count). The molecule has 0 radical (unpaired) electrons. The number of thioether (sulfide) groups is 1. The van der Waals surface area contributed by atoms with E-state index < -0.39 is 0 Å². The van der Waals surface area contributed by atoms with Gasteiger partial charge in [-0.2, -0.15) is 0 Å². The number of hydrogen-bond acceptors (Lipinski definition) is 9. The molecule has 2 aliphatic heterocycles. The van der Waals surface area contributed by atoms with Gasteiger partial charge in [0.15, 0.2) is 18.2 Å². The lowest BCUT2D eigenvalue weighted by Crippen LogP contribution is -2.38. The van der Waals surface area contributed by atoms with Crippen molar-refractivity contribution in [3.63, 3.8) is 0 Å². The maximum atomic E-state index is 13.3. The van der Waals surface area contributed by atoms with E-state index in [1.807, 2.05) is 48.5 Å². The van der Waals surface area contributed by atoms with E-state index in [0.29, 0.717) is 57.7 Å². The third-order valence-electron chi connectivity index (χ3n) is 9.52. The number of rotatable bonds is 9. The number of hydrogen-bond donors (Lipinski definition) is 4. The molecule has 0 fully saturated rings. The highest BCUT2D eigenvalue weighted by molar-refractivity contribution is 8.00. The van der Waals surface area contributed by atoms with Crippen molar-refractivity contribution in [1.82, 2.24) is 4.98 Å². The number of nitrogens with one attached hydrogen (secondary N) is 2. The van der Waals surface area contributed by atoms with Crippen LogP contribution in [0.15, 0.2) is 132 Å². The average molecular weight is 762 g/mol. The molecule has 6 aromatic rings. The Balaban J connectivity index is 0.925. The maximum absolute atomic E-state index is 13.3. The molecule has 0 saturated heterocycles. The van der Waals surface area contributed by atoms with Gasteiger partial charge < -0.3 is 31.7 Å². The number of amides is 4. The molecule has 0 spiro atoms. The lowest BCUT2D eigenvalue weighted by Gasteiger charge is -2.29. The van der Waals surface area contributed by atoms with Crippen molar-refractivity contribution in [2.75, 3.05) is 44.3 Å². The first-order valence-corrected chi connectivity index (χ1v) is 18.7. The summed E-state index contributed by atoms with van der Waals surface area (Å²) in [5.41, 5.74) is 19.1. The fourth-order valence-electron chi connectivity index (χ4n) is 6.49. The number of benzene rings is 5. The fraction of sp³-hybridized carbons (Fsp3) is 0.0930. The number of nitrogens with zero attached hydrogens (tertiary/aromatic N) is 3. The Morgan fingerprint density at radius 1 is 0.679 bits per heavy atom. The molecule has 0 unspecified atom stereocenters. The van der Waals surface area contributed by atoms with Crippen molar-refractivity contribution in [2.45, 2.75) is 18.0 Å². The second kappa shape index (κ2) is 15.3. The Hall–Kier alpha value is -7.12. The average Bonchev–Trinajstić information content (AvgIpc) is 3.22. The van der Waals surface area contributed by atoms with Gasteiger partial charge in [0.05, 0.1) is 47.3 Å². The van der Waals surface area contributed by atoms with E-state index in [0.717, 1.165) is 32.8 Å². The third kappa shape index (κ3) is 7.48. The number of nitrogens with two attached hydrogens (primary N) is 2. The van der Waals surface area contributed by atoms with Gasteiger partial charge in [-0.1, -0.05) is 48.5 Å². The number of ether oxygens (including phenoxy) is 1. The molecule has 0 aliphatic carbocycles. The molecule has 0 bridgehead atoms. The van der Waals surface area contributed by atoms with Crippen LogP contribution in [0, 0.1) is 0 Å². The lowest BCUT2D eigenvalue weighted by molar-refractivity contribution is -0.121. The number of anilines is 6. The number of carbonyl (C=O) groups excluding carboxylic acids is 4. The minimum absolute atomic E-state index is 0.0393. The zero-order chi connectivity index (χ0) is 38.8. The molecular formula is C43H35N7O5S. The number of carbonyl (C=O) groups is 4. The number of nitrogen functional groups attached to an aromatic ring is 2. The molecule has 0 saturated carbocycles. The zero-order valence-corrected chi connectivity index (χ0v) is 30.7.